The molecule has 0 amide bonds. The van der Waals surface area contributed by atoms with Crippen LogP contribution in [-0.2, 0) is 6.54 Å². The van der Waals surface area contributed by atoms with Gasteiger partial charge in [-0.05, 0) is 37.6 Å². The molecule has 8 heteroatoms. The molecule has 28 heavy (non-hydrogen) atoms. The van der Waals surface area contributed by atoms with Gasteiger partial charge in [0.1, 0.15) is 5.69 Å². The summed E-state index contributed by atoms with van der Waals surface area (Å²) in [5.74, 6) is 2.78. The van der Waals surface area contributed by atoms with Gasteiger partial charge in [-0.1, -0.05) is 6.07 Å². The fraction of sp³-hybridized carbons (Fsp3) is 0.400. The first-order chi connectivity index (χ1) is 13.7. The number of likely N-dealkylation sites (tertiary alicyclic amines) is 1. The quantitative estimate of drug-likeness (QED) is 0.644. The summed E-state index contributed by atoms with van der Waals surface area (Å²) in [6.45, 7) is 4.57. The van der Waals surface area contributed by atoms with Gasteiger partial charge in [0.25, 0.3) is 5.89 Å². The van der Waals surface area contributed by atoms with Crippen LogP contribution in [0, 0.1) is 6.92 Å². The smallest absolute Gasteiger partial charge is 0.267 e. The molecule has 0 bridgehead atoms. The van der Waals surface area contributed by atoms with Crippen LogP contribution in [0.15, 0.2) is 35.0 Å². The van der Waals surface area contributed by atoms with E-state index < -0.39 is 0 Å². The molecule has 4 rings (SSSR count). The van der Waals surface area contributed by atoms with Crippen LogP contribution < -0.4 is 9.47 Å². The number of hydrogen-bond acceptors (Lipinski definition) is 8. The number of aryl methyl sites for hydroxylation is 1. The number of rotatable bonds is 6. The second-order valence-electron chi connectivity index (χ2n) is 6.90. The number of hydrogen-bond donors (Lipinski definition) is 0. The van der Waals surface area contributed by atoms with E-state index in [1.54, 1.807) is 26.6 Å². The Labute approximate surface area is 163 Å². The SMILES string of the molecule is COc1ccc(CN2CC[C@H](c3nnc(-c4cnc(C)cn4)o3)C2)cc1OC. The second kappa shape index (κ2) is 7.93. The topological polar surface area (TPSA) is 86.4 Å². The molecule has 0 saturated carbocycles. The second-order valence-corrected chi connectivity index (χ2v) is 6.90. The molecule has 1 saturated heterocycles. The van der Waals surface area contributed by atoms with Crippen molar-refractivity contribution in [1.82, 2.24) is 25.1 Å². The van der Waals surface area contributed by atoms with E-state index in [9.17, 15) is 0 Å². The lowest BCUT2D eigenvalue weighted by Crippen LogP contribution is -2.19. The van der Waals surface area contributed by atoms with Gasteiger partial charge >= 0.3 is 0 Å². The highest BCUT2D eigenvalue weighted by Crippen LogP contribution is 2.31. The van der Waals surface area contributed by atoms with Crippen molar-refractivity contribution in [2.24, 2.45) is 0 Å². The zero-order chi connectivity index (χ0) is 19.5. The number of methoxy groups -OCH3 is 2. The number of benzene rings is 1. The summed E-state index contributed by atoms with van der Waals surface area (Å²) >= 11 is 0. The Hall–Kier alpha value is -3.00. The minimum atomic E-state index is 0.222. The Morgan fingerprint density at radius 2 is 1.96 bits per heavy atom. The summed E-state index contributed by atoms with van der Waals surface area (Å²) in [5, 5.41) is 8.38. The Kier molecular flexibility index (Phi) is 5.21. The molecule has 3 aromatic rings. The third-order valence-corrected chi connectivity index (χ3v) is 4.92. The van der Waals surface area contributed by atoms with Crippen LogP contribution in [0.2, 0.25) is 0 Å². The number of nitrogens with zero attached hydrogens (tertiary/aromatic N) is 5. The van der Waals surface area contributed by atoms with Gasteiger partial charge < -0.3 is 13.9 Å². The zero-order valence-corrected chi connectivity index (χ0v) is 16.3. The minimum Gasteiger partial charge on any atom is -0.493 e. The Morgan fingerprint density at radius 3 is 2.71 bits per heavy atom. The Morgan fingerprint density at radius 1 is 1.11 bits per heavy atom. The van der Waals surface area contributed by atoms with Gasteiger partial charge in [0.15, 0.2) is 11.5 Å². The van der Waals surface area contributed by atoms with Crippen LogP contribution in [0.25, 0.3) is 11.6 Å². The summed E-state index contributed by atoms with van der Waals surface area (Å²) in [6.07, 6.45) is 4.33. The third kappa shape index (κ3) is 3.82. The van der Waals surface area contributed by atoms with Crippen molar-refractivity contribution in [3.63, 3.8) is 0 Å². The first kappa shape index (κ1) is 18.4. The molecule has 0 N–H and O–H groups in total. The third-order valence-electron chi connectivity index (χ3n) is 4.92. The maximum Gasteiger partial charge on any atom is 0.267 e. The Bertz CT molecular complexity index is 941. The zero-order valence-electron chi connectivity index (χ0n) is 16.3. The van der Waals surface area contributed by atoms with Gasteiger partial charge in [-0.15, -0.1) is 10.2 Å². The predicted octanol–water partition coefficient (Wildman–Crippen LogP) is 2.84. The van der Waals surface area contributed by atoms with Crippen molar-refractivity contribution >= 4 is 0 Å². The number of aromatic nitrogens is 4. The largest absolute Gasteiger partial charge is 0.493 e. The van der Waals surface area contributed by atoms with Gasteiger partial charge in [0.05, 0.1) is 32.0 Å². The van der Waals surface area contributed by atoms with Gasteiger partial charge in [0.2, 0.25) is 5.89 Å². The van der Waals surface area contributed by atoms with Gasteiger partial charge in [0, 0.05) is 19.3 Å². The van der Waals surface area contributed by atoms with E-state index in [0.29, 0.717) is 17.5 Å². The molecule has 0 radical (unpaired) electrons. The summed E-state index contributed by atoms with van der Waals surface area (Å²) in [5.41, 5.74) is 2.63. The summed E-state index contributed by atoms with van der Waals surface area (Å²) in [4.78, 5) is 10.9. The average molecular weight is 381 g/mol. The highest BCUT2D eigenvalue weighted by molar-refractivity contribution is 5.44. The van der Waals surface area contributed by atoms with Crippen molar-refractivity contribution < 1.29 is 13.9 Å². The van der Waals surface area contributed by atoms with E-state index in [1.165, 1.54) is 5.56 Å². The molecule has 1 aromatic carbocycles. The fourth-order valence-electron chi connectivity index (χ4n) is 3.42. The average Bonchev–Trinajstić information content (AvgIpc) is 3.38. The normalized spacial score (nSPS) is 17.0. The van der Waals surface area contributed by atoms with Crippen LogP contribution >= 0.6 is 0 Å². The van der Waals surface area contributed by atoms with E-state index in [4.69, 9.17) is 13.9 Å². The molecule has 3 heterocycles. The summed E-state index contributed by atoms with van der Waals surface area (Å²) in [7, 11) is 3.29. The molecule has 0 unspecified atom stereocenters. The fourth-order valence-corrected chi connectivity index (χ4v) is 3.42. The predicted molar refractivity (Wildman–Crippen MR) is 102 cm³/mol. The Balaban J connectivity index is 1.41. The molecule has 1 atom stereocenters. The molecule has 1 aliphatic rings. The molecule has 1 aliphatic heterocycles. The van der Waals surface area contributed by atoms with Crippen molar-refractivity contribution in [2.45, 2.75) is 25.8 Å². The van der Waals surface area contributed by atoms with Gasteiger partial charge in [-0.2, -0.15) is 0 Å². The van der Waals surface area contributed by atoms with E-state index in [-0.39, 0.29) is 5.92 Å². The van der Waals surface area contributed by atoms with Crippen LogP contribution in [0.1, 0.15) is 29.5 Å². The molecule has 0 aliphatic carbocycles. The van der Waals surface area contributed by atoms with Crippen LogP contribution in [0.3, 0.4) is 0 Å². The van der Waals surface area contributed by atoms with Crippen LogP contribution in [0.5, 0.6) is 11.5 Å². The number of ether oxygens (including phenoxy) is 2. The molecule has 0 spiro atoms. The molecule has 2 aromatic heterocycles. The highest BCUT2D eigenvalue weighted by Gasteiger charge is 2.28. The van der Waals surface area contributed by atoms with Crippen molar-refractivity contribution in [1.29, 1.82) is 0 Å². The van der Waals surface area contributed by atoms with E-state index in [0.717, 1.165) is 43.2 Å². The first-order valence-electron chi connectivity index (χ1n) is 9.22. The van der Waals surface area contributed by atoms with Crippen LogP contribution in [-0.4, -0.2) is 52.4 Å². The lowest BCUT2D eigenvalue weighted by atomic mass is 10.1. The molecule has 146 valence electrons. The minimum absolute atomic E-state index is 0.222. The maximum absolute atomic E-state index is 5.87. The van der Waals surface area contributed by atoms with E-state index in [2.05, 4.69) is 31.1 Å². The monoisotopic (exact) mass is 381 g/mol. The van der Waals surface area contributed by atoms with Crippen molar-refractivity contribution in [3.8, 4) is 23.1 Å². The maximum atomic E-state index is 5.87. The van der Waals surface area contributed by atoms with Gasteiger partial charge in [-0.25, -0.2) is 4.98 Å². The first-order valence-corrected chi connectivity index (χ1v) is 9.22. The van der Waals surface area contributed by atoms with Crippen molar-refractivity contribution in [2.75, 3.05) is 27.3 Å². The summed E-state index contributed by atoms with van der Waals surface area (Å²) in [6, 6.07) is 6.02. The lowest BCUT2D eigenvalue weighted by Gasteiger charge is -2.16. The lowest BCUT2D eigenvalue weighted by molar-refractivity contribution is 0.317. The highest BCUT2D eigenvalue weighted by atomic mass is 16.5. The van der Waals surface area contributed by atoms with E-state index >= 15 is 0 Å². The molecular formula is C20H23N5O3. The standard InChI is InChI=1S/C20H23N5O3/c1-13-9-22-16(10-21-13)20-24-23-19(28-20)15-6-7-25(12-15)11-14-4-5-17(26-2)18(8-14)27-3/h4-5,8-10,15H,6-7,11-12H2,1-3H3/t15-/m0/s1. The van der Waals surface area contributed by atoms with Crippen molar-refractivity contribution in [3.05, 3.63) is 47.7 Å². The molecular weight excluding hydrogens is 358 g/mol. The molecule has 8 nitrogen and oxygen atoms in total. The van der Waals surface area contributed by atoms with Gasteiger partial charge in [-0.3, -0.25) is 9.88 Å². The van der Waals surface area contributed by atoms with E-state index in [1.807, 2.05) is 19.1 Å². The summed E-state index contributed by atoms with van der Waals surface area (Å²) < 4.78 is 16.6. The molecule has 1 fully saturated rings. The van der Waals surface area contributed by atoms with Crippen LogP contribution in [0.4, 0.5) is 0 Å².